The molecule has 0 aliphatic heterocycles. The number of aryl methyl sites for hydroxylation is 1. The van der Waals surface area contributed by atoms with Crippen LogP contribution in [0.4, 0.5) is 5.82 Å². The second-order valence-corrected chi connectivity index (χ2v) is 6.10. The molecule has 4 heteroatoms. The van der Waals surface area contributed by atoms with Crippen LogP contribution in [0.25, 0.3) is 0 Å². The first-order valence-electron chi connectivity index (χ1n) is 6.87. The second kappa shape index (κ2) is 7.92. The average molecular weight is 361 g/mol. The van der Waals surface area contributed by atoms with Gasteiger partial charge < -0.3 is 5.32 Å². The summed E-state index contributed by atoms with van der Waals surface area (Å²) in [5, 5.41) is 3.42. The molecule has 1 aromatic rings. The standard InChI is InChI=1S/C14H24IN3/c1-5-7-12-17-11(9-10(3)4)13(15)14(18-12)16-8-6-2/h10H,5-9H2,1-4H3,(H,16,17,18). The molecule has 0 spiro atoms. The minimum absolute atomic E-state index is 0.627. The number of aromatic nitrogens is 2. The van der Waals surface area contributed by atoms with Crippen LogP contribution in [0.1, 0.15) is 52.1 Å². The molecule has 0 fully saturated rings. The summed E-state index contributed by atoms with van der Waals surface area (Å²) in [6, 6.07) is 0. The normalized spacial score (nSPS) is 11.0. The first kappa shape index (κ1) is 15.7. The van der Waals surface area contributed by atoms with Gasteiger partial charge in [0, 0.05) is 13.0 Å². The quantitative estimate of drug-likeness (QED) is 0.745. The van der Waals surface area contributed by atoms with Crippen molar-refractivity contribution in [2.45, 2.75) is 53.4 Å². The van der Waals surface area contributed by atoms with Crippen molar-refractivity contribution in [3.05, 3.63) is 15.1 Å². The summed E-state index contributed by atoms with van der Waals surface area (Å²) >= 11 is 2.37. The van der Waals surface area contributed by atoms with Crippen LogP contribution in [-0.4, -0.2) is 16.5 Å². The van der Waals surface area contributed by atoms with Crippen LogP contribution in [0.5, 0.6) is 0 Å². The zero-order chi connectivity index (χ0) is 13.5. The Morgan fingerprint density at radius 3 is 2.44 bits per heavy atom. The van der Waals surface area contributed by atoms with E-state index in [9.17, 15) is 0 Å². The monoisotopic (exact) mass is 361 g/mol. The average Bonchev–Trinajstić information content (AvgIpc) is 2.31. The Bertz CT molecular complexity index is 378. The molecule has 18 heavy (non-hydrogen) atoms. The first-order valence-corrected chi connectivity index (χ1v) is 7.95. The maximum Gasteiger partial charge on any atom is 0.143 e. The van der Waals surface area contributed by atoms with Gasteiger partial charge in [-0.1, -0.05) is 27.7 Å². The molecule has 3 nitrogen and oxygen atoms in total. The summed E-state index contributed by atoms with van der Waals surface area (Å²) in [6.45, 7) is 9.78. The van der Waals surface area contributed by atoms with Gasteiger partial charge in [-0.05, 0) is 47.8 Å². The molecule has 0 atom stereocenters. The maximum absolute atomic E-state index is 4.71. The molecular formula is C14H24IN3. The summed E-state index contributed by atoms with van der Waals surface area (Å²) in [6.07, 6.45) is 4.19. The smallest absolute Gasteiger partial charge is 0.143 e. The molecule has 0 aromatic carbocycles. The Morgan fingerprint density at radius 1 is 1.17 bits per heavy atom. The molecule has 1 N–H and O–H groups in total. The predicted octanol–water partition coefficient (Wildman–Crippen LogP) is 4.05. The van der Waals surface area contributed by atoms with E-state index in [0.717, 1.165) is 43.9 Å². The van der Waals surface area contributed by atoms with Crippen LogP contribution < -0.4 is 5.32 Å². The van der Waals surface area contributed by atoms with Gasteiger partial charge in [-0.15, -0.1) is 0 Å². The molecule has 0 aliphatic rings. The number of halogens is 1. The lowest BCUT2D eigenvalue weighted by Crippen LogP contribution is -2.12. The predicted molar refractivity (Wildman–Crippen MR) is 86.1 cm³/mol. The summed E-state index contributed by atoms with van der Waals surface area (Å²) in [7, 11) is 0. The number of hydrogen-bond acceptors (Lipinski definition) is 3. The topological polar surface area (TPSA) is 37.8 Å². The third-order valence-electron chi connectivity index (χ3n) is 2.58. The fourth-order valence-electron chi connectivity index (χ4n) is 1.76. The zero-order valence-corrected chi connectivity index (χ0v) is 14.0. The highest BCUT2D eigenvalue weighted by Gasteiger charge is 2.12. The van der Waals surface area contributed by atoms with Crippen molar-refractivity contribution in [2.24, 2.45) is 5.92 Å². The molecular weight excluding hydrogens is 337 g/mol. The highest BCUT2D eigenvalue weighted by molar-refractivity contribution is 14.1. The molecule has 0 saturated carbocycles. The van der Waals surface area contributed by atoms with Crippen molar-refractivity contribution in [1.82, 2.24) is 9.97 Å². The third-order valence-corrected chi connectivity index (χ3v) is 3.72. The van der Waals surface area contributed by atoms with E-state index in [0.29, 0.717) is 5.92 Å². The fraction of sp³-hybridized carbons (Fsp3) is 0.714. The summed E-state index contributed by atoms with van der Waals surface area (Å²) in [4.78, 5) is 9.35. The summed E-state index contributed by atoms with van der Waals surface area (Å²) in [5.74, 6) is 2.63. The second-order valence-electron chi connectivity index (χ2n) is 5.02. The molecule has 0 saturated heterocycles. The van der Waals surface area contributed by atoms with Gasteiger partial charge in [-0.2, -0.15) is 0 Å². The lowest BCUT2D eigenvalue weighted by Gasteiger charge is -2.13. The first-order chi connectivity index (χ1) is 8.58. The molecule has 0 amide bonds. The Balaban J connectivity index is 3.02. The van der Waals surface area contributed by atoms with E-state index in [-0.39, 0.29) is 0 Å². The Kier molecular flexibility index (Phi) is 6.89. The molecule has 0 aliphatic carbocycles. The van der Waals surface area contributed by atoms with Crippen LogP contribution in [0.15, 0.2) is 0 Å². The molecule has 0 unspecified atom stereocenters. The van der Waals surface area contributed by atoms with Crippen LogP contribution in [0, 0.1) is 9.49 Å². The number of rotatable bonds is 7. The van der Waals surface area contributed by atoms with Gasteiger partial charge >= 0.3 is 0 Å². The summed E-state index contributed by atoms with van der Waals surface area (Å²) < 4.78 is 1.19. The van der Waals surface area contributed by atoms with Gasteiger partial charge in [0.1, 0.15) is 11.6 Å². The molecule has 1 heterocycles. The lowest BCUT2D eigenvalue weighted by molar-refractivity contribution is 0.626. The van der Waals surface area contributed by atoms with Gasteiger partial charge in [0.25, 0.3) is 0 Å². The van der Waals surface area contributed by atoms with E-state index in [1.54, 1.807) is 0 Å². The number of nitrogens with zero attached hydrogens (tertiary/aromatic N) is 2. The number of nitrogens with one attached hydrogen (secondary N) is 1. The molecule has 102 valence electrons. The van der Waals surface area contributed by atoms with Crippen LogP contribution >= 0.6 is 22.6 Å². The number of hydrogen-bond donors (Lipinski definition) is 1. The van der Waals surface area contributed by atoms with Gasteiger partial charge in [0.15, 0.2) is 0 Å². The summed E-state index contributed by atoms with van der Waals surface area (Å²) in [5.41, 5.74) is 1.20. The maximum atomic E-state index is 4.71. The highest BCUT2D eigenvalue weighted by Crippen LogP contribution is 2.22. The van der Waals surface area contributed by atoms with Crippen molar-refractivity contribution in [3.63, 3.8) is 0 Å². The molecule has 0 radical (unpaired) electrons. The van der Waals surface area contributed by atoms with Gasteiger partial charge in [-0.3, -0.25) is 0 Å². The minimum atomic E-state index is 0.627. The highest BCUT2D eigenvalue weighted by atomic mass is 127. The molecule has 1 rings (SSSR count). The zero-order valence-electron chi connectivity index (χ0n) is 11.9. The van der Waals surface area contributed by atoms with Crippen LogP contribution in [0.2, 0.25) is 0 Å². The largest absolute Gasteiger partial charge is 0.369 e. The SMILES string of the molecule is CCCNc1nc(CCC)nc(CC(C)C)c1I. The van der Waals surface area contributed by atoms with E-state index in [4.69, 9.17) is 4.98 Å². The van der Waals surface area contributed by atoms with E-state index in [1.807, 2.05) is 0 Å². The van der Waals surface area contributed by atoms with Crippen LogP contribution in [-0.2, 0) is 12.8 Å². The Morgan fingerprint density at radius 2 is 1.89 bits per heavy atom. The van der Waals surface area contributed by atoms with Crippen molar-refractivity contribution < 1.29 is 0 Å². The molecule has 0 bridgehead atoms. The van der Waals surface area contributed by atoms with E-state index in [1.165, 1.54) is 9.26 Å². The van der Waals surface area contributed by atoms with Gasteiger partial charge in [-0.25, -0.2) is 9.97 Å². The van der Waals surface area contributed by atoms with Gasteiger partial charge in [0.2, 0.25) is 0 Å². The molecule has 1 aromatic heterocycles. The lowest BCUT2D eigenvalue weighted by atomic mass is 10.1. The van der Waals surface area contributed by atoms with E-state index < -0.39 is 0 Å². The van der Waals surface area contributed by atoms with Crippen LogP contribution in [0.3, 0.4) is 0 Å². The Labute approximate surface area is 124 Å². The van der Waals surface area contributed by atoms with Crippen molar-refractivity contribution in [1.29, 1.82) is 0 Å². The van der Waals surface area contributed by atoms with Crippen molar-refractivity contribution in [2.75, 3.05) is 11.9 Å². The third kappa shape index (κ3) is 4.71. The van der Waals surface area contributed by atoms with Crippen molar-refractivity contribution >= 4 is 28.4 Å². The fourth-order valence-corrected chi connectivity index (χ4v) is 2.41. The van der Waals surface area contributed by atoms with E-state index in [2.05, 4.69) is 60.6 Å². The minimum Gasteiger partial charge on any atom is -0.369 e. The van der Waals surface area contributed by atoms with Gasteiger partial charge in [0.05, 0.1) is 9.26 Å². The Hall–Kier alpha value is -0.390. The van der Waals surface area contributed by atoms with Crippen molar-refractivity contribution in [3.8, 4) is 0 Å². The number of anilines is 1. The van der Waals surface area contributed by atoms with E-state index >= 15 is 0 Å².